The lowest BCUT2D eigenvalue weighted by Crippen LogP contribution is -2.46. The minimum atomic E-state index is -2.34. The topological polar surface area (TPSA) is 55.8 Å². The van der Waals surface area contributed by atoms with Gasteiger partial charge in [-0.15, -0.1) is 0 Å². The van der Waals surface area contributed by atoms with Gasteiger partial charge in [-0.3, -0.25) is 14.5 Å². The maximum Gasteiger partial charge on any atom is 0.335 e. The highest BCUT2D eigenvalue weighted by Gasteiger charge is 2.39. The van der Waals surface area contributed by atoms with E-state index in [4.69, 9.17) is 8.85 Å². The molecule has 1 aliphatic heterocycles. The van der Waals surface area contributed by atoms with Crippen LogP contribution in [0.15, 0.2) is 11.1 Å². The average Bonchev–Trinajstić information content (AvgIpc) is 2.87. The molecule has 0 saturated heterocycles. The molecule has 0 spiro atoms. The normalized spacial score (nSPS) is 23.2. The summed E-state index contributed by atoms with van der Waals surface area (Å²) >= 11 is 0. The number of carbonyl (C=O) groups is 2. The summed E-state index contributed by atoms with van der Waals surface area (Å²) in [5.41, 5.74) is 1.17. The molecule has 2 aliphatic carbocycles. The molecule has 0 aromatic heterocycles. The van der Waals surface area contributed by atoms with Crippen LogP contribution in [0.5, 0.6) is 0 Å². The Morgan fingerprint density at radius 3 is 1.68 bits per heavy atom. The summed E-state index contributed by atoms with van der Waals surface area (Å²) in [7, 11) is -2.34. The molecule has 0 aromatic rings. The fraction of sp³-hybridized carbons (Fsp3) is 0.818. The zero-order chi connectivity index (χ0) is 20.1. The summed E-state index contributed by atoms with van der Waals surface area (Å²) in [5.74, 6) is -0.264. The van der Waals surface area contributed by atoms with Crippen LogP contribution in [0.2, 0.25) is 12.6 Å². The van der Waals surface area contributed by atoms with Crippen LogP contribution in [0.25, 0.3) is 0 Å². The fourth-order valence-electron chi connectivity index (χ4n) is 4.80. The van der Waals surface area contributed by atoms with E-state index in [1.54, 1.807) is 13.8 Å². The molecular weight excluding hydrogens is 370 g/mol. The van der Waals surface area contributed by atoms with Crippen molar-refractivity contribution < 1.29 is 18.4 Å². The van der Waals surface area contributed by atoms with Crippen LogP contribution in [-0.2, 0) is 18.4 Å². The van der Waals surface area contributed by atoms with Crippen molar-refractivity contribution in [2.24, 2.45) is 0 Å². The summed E-state index contributed by atoms with van der Waals surface area (Å²) < 4.78 is 13.3. The first-order valence-corrected chi connectivity index (χ1v) is 13.8. The van der Waals surface area contributed by atoms with Gasteiger partial charge in [-0.25, -0.2) is 0 Å². The molecule has 3 rings (SSSR count). The van der Waals surface area contributed by atoms with Gasteiger partial charge in [-0.1, -0.05) is 38.5 Å². The predicted octanol–water partition coefficient (Wildman–Crippen LogP) is 4.85. The van der Waals surface area contributed by atoms with Crippen molar-refractivity contribution in [1.82, 2.24) is 4.90 Å². The smallest absolute Gasteiger partial charge is 0.335 e. The first-order valence-electron chi connectivity index (χ1n) is 11.3. The van der Waals surface area contributed by atoms with Crippen LogP contribution in [0.1, 0.15) is 84.5 Å². The molecule has 6 heteroatoms. The van der Waals surface area contributed by atoms with E-state index < -0.39 is 8.56 Å². The summed E-state index contributed by atoms with van der Waals surface area (Å²) in [4.78, 5) is 26.0. The van der Waals surface area contributed by atoms with Gasteiger partial charge in [-0.2, -0.15) is 0 Å². The van der Waals surface area contributed by atoms with E-state index in [1.165, 1.54) is 43.4 Å². The molecule has 0 radical (unpaired) electrons. The zero-order valence-corrected chi connectivity index (χ0v) is 18.9. The molecule has 158 valence electrons. The average molecular weight is 408 g/mol. The molecule has 0 aromatic carbocycles. The van der Waals surface area contributed by atoms with Crippen LogP contribution < -0.4 is 0 Å². The second kappa shape index (κ2) is 9.68. The maximum absolute atomic E-state index is 12.3. The Kier molecular flexibility index (Phi) is 7.51. The second-order valence-corrected chi connectivity index (χ2v) is 12.2. The van der Waals surface area contributed by atoms with Crippen LogP contribution in [0.3, 0.4) is 0 Å². The van der Waals surface area contributed by atoms with Gasteiger partial charge in [0.1, 0.15) is 0 Å². The largest absolute Gasteiger partial charge is 0.391 e. The minimum Gasteiger partial charge on any atom is -0.391 e. The van der Waals surface area contributed by atoms with Crippen molar-refractivity contribution in [3.8, 4) is 0 Å². The Morgan fingerprint density at radius 2 is 1.25 bits per heavy atom. The van der Waals surface area contributed by atoms with E-state index in [1.807, 2.05) is 0 Å². The number of hydrogen-bond acceptors (Lipinski definition) is 4. The van der Waals surface area contributed by atoms with Crippen LogP contribution in [0.4, 0.5) is 0 Å². The summed E-state index contributed by atoms with van der Waals surface area (Å²) in [5, 5.41) is 0. The highest BCUT2D eigenvalue weighted by molar-refractivity contribution is 6.66. The molecular formula is C22H37NO4Si. The van der Waals surface area contributed by atoms with Crippen molar-refractivity contribution >= 4 is 20.4 Å². The summed E-state index contributed by atoms with van der Waals surface area (Å²) in [6, 6.07) is 0.842. The minimum absolute atomic E-state index is 0.132. The highest BCUT2D eigenvalue weighted by Crippen LogP contribution is 2.31. The van der Waals surface area contributed by atoms with Gasteiger partial charge in [0.15, 0.2) is 0 Å². The number of amides is 2. The lowest BCUT2D eigenvalue weighted by molar-refractivity contribution is -0.137. The summed E-state index contributed by atoms with van der Waals surface area (Å²) in [6.07, 6.45) is 13.6. The maximum atomic E-state index is 12.3. The van der Waals surface area contributed by atoms with Crippen LogP contribution in [0, 0.1) is 0 Å². The molecule has 0 bridgehead atoms. The van der Waals surface area contributed by atoms with E-state index in [0.717, 1.165) is 38.1 Å². The molecule has 2 fully saturated rings. The third-order valence-corrected chi connectivity index (χ3v) is 9.57. The fourth-order valence-corrected chi connectivity index (χ4v) is 7.77. The molecule has 3 aliphatic rings. The Labute approximate surface area is 171 Å². The van der Waals surface area contributed by atoms with E-state index in [0.29, 0.717) is 29.9 Å². The quantitative estimate of drug-likeness (QED) is 0.426. The molecule has 28 heavy (non-hydrogen) atoms. The Bertz CT molecular complexity index is 562. The molecule has 2 saturated carbocycles. The van der Waals surface area contributed by atoms with Crippen molar-refractivity contribution in [3.63, 3.8) is 0 Å². The van der Waals surface area contributed by atoms with Gasteiger partial charge >= 0.3 is 8.56 Å². The summed E-state index contributed by atoms with van der Waals surface area (Å²) in [6.45, 7) is 6.16. The first-order chi connectivity index (χ1) is 13.4. The van der Waals surface area contributed by atoms with Crippen molar-refractivity contribution in [2.45, 2.75) is 109 Å². The third-order valence-electron chi connectivity index (χ3n) is 6.64. The Hall–Kier alpha value is -0.983. The molecule has 5 nitrogen and oxygen atoms in total. The second-order valence-electron chi connectivity index (χ2n) is 9.01. The first kappa shape index (κ1) is 21.7. The molecule has 1 heterocycles. The highest BCUT2D eigenvalue weighted by atomic mass is 28.4. The molecule has 0 N–H and O–H groups in total. The lowest BCUT2D eigenvalue weighted by Gasteiger charge is -2.37. The third kappa shape index (κ3) is 5.33. The number of carbonyl (C=O) groups excluding carboxylic acids is 2. The van der Waals surface area contributed by atoms with Crippen LogP contribution >= 0.6 is 0 Å². The van der Waals surface area contributed by atoms with E-state index in [-0.39, 0.29) is 11.8 Å². The van der Waals surface area contributed by atoms with Crippen molar-refractivity contribution in [1.29, 1.82) is 0 Å². The standard InChI is InChI=1S/C22H37NO4Si/c1-17-18(2)22(25)23(21(17)24)15-10-16-28(3,26-19-11-6-4-7-12-19)27-20-13-8-5-9-14-20/h19-20H,4-16H2,1-3H3. The van der Waals surface area contributed by atoms with E-state index >= 15 is 0 Å². The van der Waals surface area contributed by atoms with Crippen LogP contribution in [-0.4, -0.2) is 44.0 Å². The SMILES string of the molecule is CC1=C(C)C(=O)N(CCC[Si](C)(OC2CCCCC2)OC2CCCCC2)C1=O. The van der Waals surface area contributed by atoms with Gasteiger partial charge in [0.2, 0.25) is 0 Å². The van der Waals surface area contributed by atoms with Gasteiger partial charge in [-0.05, 0) is 58.5 Å². The van der Waals surface area contributed by atoms with Crippen molar-refractivity contribution in [3.05, 3.63) is 11.1 Å². The zero-order valence-electron chi connectivity index (χ0n) is 17.9. The molecule has 0 atom stereocenters. The monoisotopic (exact) mass is 407 g/mol. The Balaban J connectivity index is 1.58. The van der Waals surface area contributed by atoms with Gasteiger partial charge in [0, 0.05) is 29.9 Å². The Morgan fingerprint density at radius 1 is 0.821 bits per heavy atom. The number of rotatable bonds is 8. The van der Waals surface area contributed by atoms with E-state index in [9.17, 15) is 9.59 Å². The van der Waals surface area contributed by atoms with Gasteiger partial charge in [0.05, 0.1) is 0 Å². The van der Waals surface area contributed by atoms with E-state index in [2.05, 4.69) is 6.55 Å². The predicted molar refractivity (Wildman–Crippen MR) is 112 cm³/mol. The lowest BCUT2D eigenvalue weighted by atomic mass is 9.98. The van der Waals surface area contributed by atoms with Gasteiger partial charge in [0.25, 0.3) is 11.8 Å². The number of nitrogens with zero attached hydrogens (tertiary/aromatic N) is 1. The molecule has 0 unspecified atom stereocenters. The van der Waals surface area contributed by atoms with Gasteiger partial charge < -0.3 is 8.85 Å². The molecule has 2 amide bonds. The number of hydrogen-bond donors (Lipinski definition) is 0. The number of imide groups is 1. The van der Waals surface area contributed by atoms with Crippen molar-refractivity contribution in [2.75, 3.05) is 6.54 Å².